The zero-order valence-corrected chi connectivity index (χ0v) is 9.13. The molecule has 0 aliphatic carbocycles. The number of ether oxygens (including phenoxy) is 2. The van der Waals surface area contributed by atoms with Crippen molar-refractivity contribution in [2.45, 2.75) is 5.03 Å². The molecule has 0 aromatic carbocycles. The van der Waals surface area contributed by atoms with Gasteiger partial charge >= 0.3 is 0 Å². The van der Waals surface area contributed by atoms with E-state index in [4.69, 9.17) is 15.2 Å². The number of methoxy groups -OCH3 is 2. The van der Waals surface area contributed by atoms with Crippen molar-refractivity contribution < 1.29 is 9.47 Å². The summed E-state index contributed by atoms with van der Waals surface area (Å²) in [6.45, 7) is 0.707. The van der Waals surface area contributed by atoms with Gasteiger partial charge in [-0.25, -0.2) is 4.98 Å². The fraction of sp³-hybridized carbons (Fsp3) is 0.444. The largest absolute Gasteiger partial charge is 0.480 e. The molecule has 1 heterocycles. The lowest BCUT2D eigenvalue weighted by Crippen LogP contribution is -1.97. The molecule has 0 fully saturated rings. The molecule has 0 amide bonds. The van der Waals surface area contributed by atoms with Crippen LogP contribution in [0.1, 0.15) is 0 Å². The summed E-state index contributed by atoms with van der Waals surface area (Å²) in [6, 6.07) is 3.67. The van der Waals surface area contributed by atoms with Crippen LogP contribution in [0.5, 0.6) is 5.88 Å². The molecular weight excluding hydrogens is 200 g/mol. The van der Waals surface area contributed by atoms with Crippen LogP contribution in [0.15, 0.2) is 17.2 Å². The van der Waals surface area contributed by atoms with Gasteiger partial charge in [-0.05, 0) is 12.1 Å². The number of nitrogen functional groups attached to an aromatic ring is 1. The van der Waals surface area contributed by atoms with Crippen LogP contribution in [0, 0.1) is 0 Å². The van der Waals surface area contributed by atoms with Crippen molar-refractivity contribution in [1.82, 2.24) is 4.98 Å². The third-order valence-electron chi connectivity index (χ3n) is 1.59. The first-order chi connectivity index (χ1) is 6.77. The Bertz CT molecular complexity index is 294. The first-order valence-corrected chi connectivity index (χ1v) is 5.18. The molecule has 1 aromatic heterocycles. The molecule has 0 aliphatic heterocycles. The van der Waals surface area contributed by atoms with Crippen LogP contribution in [-0.2, 0) is 4.74 Å². The second-order valence-electron chi connectivity index (χ2n) is 2.59. The van der Waals surface area contributed by atoms with Gasteiger partial charge in [-0.15, -0.1) is 11.8 Å². The number of rotatable bonds is 5. The van der Waals surface area contributed by atoms with Gasteiger partial charge in [0.15, 0.2) is 0 Å². The number of thioether (sulfide) groups is 1. The lowest BCUT2D eigenvalue weighted by atomic mass is 10.4. The third kappa shape index (κ3) is 3.08. The topological polar surface area (TPSA) is 57.4 Å². The van der Waals surface area contributed by atoms with E-state index in [2.05, 4.69) is 4.98 Å². The van der Waals surface area contributed by atoms with Crippen molar-refractivity contribution in [3.63, 3.8) is 0 Å². The molecule has 4 nitrogen and oxygen atoms in total. The molecule has 0 radical (unpaired) electrons. The van der Waals surface area contributed by atoms with Gasteiger partial charge in [0.1, 0.15) is 5.03 Å². The number of aromatic nitrogens is 1. The molecule has 0 bridgehead atoms. The molecule has 5 heteroatoms. The Balaban J connectivity index is 2.60. The quantitative estimate of drug-likeness (QED) is 0.593. The van der Waals surface area contributed by atoms with Gasteiger partial charge in [0, 0.05) is 12.9 Å². The molecular formula is C9H14N2O2S. The standard InChI is InChI=1S/C9H14N2O2S/c1-12-5-6-14-8-4-3-7(10)9(11-8)13-2/h3-4H,5-6,10H2,1-2H3. The minimum atomic E-state index is 0.479. The second kappa shape index (κ2) is 5.72. The van der Waals surface area contributed by atoms with Gasteiger partial charge in [0.05, 0.1) is 19.4 Å². The summed E-state index contributed by atoms with van der Waals surface area (Å²) < 4.78 is 9.95. The average molecular weight is 214 g/mol. The number of nitrogens with two attached hydrogens (primary N) is 1. The lowest BCUT2D eigenvalue weighted by molar-refractivity contribution is 0.218. The summed E-state index contributed by atoms with van der Waals surface area (Å²) in [6.07, 6.45) is 0. The molecule has 2 N–H and O–H groups in total. The minimum Gasteiger partial charge on any atom is -0.480 e. The van der Waals surface area contributed by atoms with Crippen LogP contribution in [0.25, 0.3) is 0 Å². The highest BCUT2D eigenvalue weighted by Crippen LogP contribution is 2.23. The summed E-state index contributed by atoms with van der Waals surface area (Å²) in [5, 5.41) is 0.896. The van der Waals surface area contributed by atoms with E-state index in [-0.39, 0.29) is 0 Å². The Hall–Kier alpha value is -0.940. The van der Waals surface area contributed by atoms with Gasteiger partial charge in [0.2, 0.25) is 5.88 Å². The highest BCUT2D eigenvalue weighted by atomic mass is 32.2. The van der Waals surface area contributed by atoms with Gasteiger partial charge in [0.25, 0.3) is 0 Å². The van der Waals surface area contributed by atoms with E-state index in [0.29, 0.717) is 18.2 Å². The Morgan fingerprint density at radius 1 is 1.43 bits per heavy atom. The number of hydrogen-bond acceptors (Lipinski definition) is 5. The molecule has 78 valence electrons. The molecule has 0 atom stereocenters. The van der Waals surface area contributed by atoms with Gasteiger partial charge in [-0.1, -0.05) is 0 Å². The summed E-state index contributed by atoms with van der Waals surface area (Å²) in [7, 11) is 3.24. The van der Waals surface area contributed by atoms with Gasteiger partial charge < -0.3 is 15.2 Å². The monoisotopic (exact) mass is 214 g/mol. The first kappa shape index (κ1) is 11.1. The predicted molar refractivity (Wildman–Crippen MR) is 57.8 cm³/mol. The molecule has 1 rings (SSSR count). The summed E-state index contributed by atoms with van der Waals surface area (Å²) in [4.78, 5) is 4.22. The van der Waals surface area contributed by atoms with E-state index < -0.39 is 0 Å². The summed E-state index contributed by atoms with van der Waals surface area (Å²) in [5.74, 6) is 1.35. The Labute approximate surface area is 87.8 Å². The SMILES string of the molecule is COCCSc1ccc(N)c(OC)n1. The summed E-state index contributed by atoms with van der Waals surface area (Å²) in [5.41, 5.74) is 6.19. The number of nitrogens with zero attached hydrogens (tertiary/aromatic N) is 1. The Morgan fingerprint density at radius 2 is 2.21 bits per heavy atom. The fourth-order valence-electron chi connectivity index (χ4n) is 0.908. The molecule has 1 aromatic rings. The Kier molecular flexibility index (Phi) is 4.55. The van der Waals surface area contributed by atoms with Crippen molar-refractivity contribution in [3.05, 3.63) is 12.1 Å². The molecule has 0 unspecified atom stereocenters. The van der Waals surface area contributed by atoms with E-state index in [1.54, 1.807) is 32.0 Å². The fourth-order valence-corrected chi connectivity index (χ4v) is 1.68. The van der Waals surface area contributed by atoms with Crippen LogP contribution in [-0.4, -0.2) is 31.6 Å². The average Bonchev–Trinajstić information content (AvgIpc) is 2.21. The molecule has 0 spiro atoms. The van der Waals surface area contributed by atoms with Crippen molar-refractivity contribution in [2.24, 2.45) is 0 Å². The van der Waals surface area contributed by atoms with Crippen molar-refractivity contribution in [1.29, 1.82) is 0 Å². The second-order valence-corrected chi connectivity index (χ2v) is 3.70. The highest BCUT2D eigenvalue weighted by molar-refractivity contribution is 7.99. The zero-order valence-electron chi connectivity index (χ0n) is 8.32. The van der Waals surface area contributed by atoms with Gasteiger partial charge in [-0.3, -0.25) is 0 Å². The lowest BCUT2D eigenvalue weighted by Gasteiger charge is -2.05. The Morgan fingerprint density at radius 3 is 2.86 bits per heavy atom. The number of hydrogen-bond donors (Lipinski definition) is 1. The minimum absolute atomic E-state index is 0.479. The summed E-state index contributed by atoms with van der Waals surface area (Å²) >= 11 is 1.61. The van der Waals surface area contributed by atoms with Crippen LogP contribution >= 0.6 is 11.8 Å². The zero-order chi connectivity index (χ0) is 10.4. The van der Waals surface area contributed by atoms with E-state index in [1.807, 2.05) is 6.07 Å². The van der Waals surface area contributed by atoms with Crippen LogP contribution in [0.2, 0.25) is 0 Å². The molecule has 0 aliphatic rings. The van der Waals surface area contributed by atoms with Crippen LogP contribution in [0.4, 0.5) is 5.69 Å². The highest BCUT2D eigenvalue weighted by Gasteiger charge is 2.02. The smallest absolute Gasteiger partial charge is 0.237 e. The van der Waals surface area contributed by atoms with Crippen LogP contribution in [0.3, 0.4) is 0 Å². The van der Waals surface area contributed by atoms with E-state index in [9.17, 15) is 0 Å². The maximum Gasteiger partial charge on any atom is 0.237 e. The molecule has 0 saturated carbocycles. The van der Waals surface area contributed by atoms with Crippen molar-refractivity contribution >= 4 is 17.4 Å². The van der Waals surface area contributed by atoms with Gasteiger partial charge in [-0.2, -0.15) is 0 Å². The predicted octanol–water partition coefficient (Wildman–Crippen LogP) is 1.41. The number of anilines is 1. The first-order valence-electron chi connectivity index (χ1n) is 4.20. The van der Waals surface area contributed by atoms with Crippen LogP contribution < -0.4 is 10.5 Å². The van der Waals surface area contributed by atoms with E-state index in [0.717, 1.165) is 10.8 Å². The normalized spacial score (nSPS) is 10.1. The van der Waals surface area contributed by atoms with Crippen molar-refractivity contribution in [3.8, 4) is 5.88 Å². The third-order valence-corrected chi connectivity index (χ3v) is 2.49. The van der Waals surface area contributed by atoms with Crippen molar-refractivity contribution in [2.75, 3.05) is 32.3 Å². The van der Waals surface area contributed by atoms with E-state index >= 15 is 0 Å². The van der Waals surface area contributed by atoms with E-state index in [1.165, 1.54) is 0 Å². The maximum atomic E-state index is 5.63. The maximum absolute atomic E-state index is 5.63. The number of pyridine rings is 1. The molecule has 0 saturated heterocycles. The molecule has 14 heavy (non-hydrogen) atoms.